The van der Waals surface area contributed by atoms with Crippen LogP contribution in [0.25, 0.3) is 0 Å². The minimum absolute atomic E-state index is 0.155. The van der Waals surface area contributed by atoms with Crippen LogP contribution in [-0.4, -0.2) is 28.5 Å². The number of aromatic nitrogens is 2. The molecule has 0 saturated carbocycles. The lowest BCUT2D eigenvalue weighted by molar-refractivity contribution is 0.196. The third-order valence-electron chi connectivity index (χ3n) is 2.09. The molecule has 1 aromatic heterocycles. The van der Waals surface area contributed by atoms with Gasteiger partial charge >= 0.3 is 0 Å². The molecule has 1 rings (SSSR count). The molecule has 0 aromatic carbocycles. The van der Waals surface area contributed by atoms with E-state index < -0.39 is 0 Å². The summed E-state index contributed by atoms with van der Waals surface area (Å²) in [6, 6.07) is 2.44. The molecule has 0 radical (unpaired) electrons. The highest BCUT2D eigenvalue weighted by molar-refractivity contribution is 5.14. The van der Waals surface area contributed by atoms with Gasteiger partial charge in [-0.2, -0.15) is 5.10 Å². The van der Waals surface area contributed by atoms with Gasteiger partial charge in [0.05, 0.1) is 5.69 Å². The van der Waals surface area contributed by atoms with Gasteiger partial charge in [-0.15, -0.1) is 0 Å². The fourth-order valence-corrected chi connectivity index (χ4v) is 1.35. The number of nitrogens with zero attached hydrogens (tertiary/aromatic N) is 2. The maximum Gasteiger partial charge on any atom is 0.212 e. The van der Waals surface area contributed by atoms with E-state index in [-0.39, 0.29) is 6.10 Å². The van der Waals surface area contributed by atoms with E-state index in [1.54, 1.807) is 4.68 Å². The van der Waals surface area contributed by atoms with E-state index in [1.165, 1.54) is 0 Å². The zero-order valence-electron chi connectivity index (χ0n) is 10.2. The topological polar surface area (TPSA) is 39.1 Å². The van der Waals surface area contributed by atoms with Crippen molar-refractivity contribution < 1.29 is 4.74 Å². The minimum Gasteiger partial charge on any atom is -0.473 e. The Bertz CT molecular complexity index is 307. The van der Waals surface area contributed by atoms with Crippen molar-refractivity contribution in [2.75, 3.05) is 6.54 Å². The number of rotatable bonds is 5. The van der Waals surface area contributed by atoms with Crippen LogP contribution in [0.15, 0.2) is 6.07 Å². The van der Waals surface area contributed by atoms with Crippen molar-refractivity contribution in [1.29, 1.82) is 0 Å². The molecule has 0 bridgehead atoms. The highest BCUT2D eigenvalue weighted by Gasteiger charge is 2.08. The van der Waals surface area contributed by atoms with Gasteiger partial charge in [-0.1, -0.05) is 13.8 Å². The molecule has 4 nitrogen and oxygen atoms in total. The first-order valence-corrected chi connectivity index (χ1v) is 5.39. The van der Waals surface area contributed by atoms with Gasteiger partial charge in [0, 0.05) is 25.7 Å². The zero-order valence-corrected chi connectivity index (χ0v) is 10.2. The van der Waals surface area contributed by atoms with Crippen LogP contribution in [0.5, 0.6) is 5.88 Å². The third kappa shape index (κ3) is 3.91. The molecule has 0 aliphatic rings. The van der Waals surface area contributed by atoms with Crippen molar-refractivity contribution in [1.82, 2.24) is 15.1 Å². The molecule has 86 valence electrons. The Balaban J connectivity index is 2.44. The molecule has 1 atom stereocenters. The van der Waals surface area contributed by atoms with Crippen molar-refractivity contribution in [2.24, 2.45) is 7.05 Å². The number of aryl methyl sites for hydroxylation is 2. The molecular weight excluding hydrogens is 190 g/mol. The first kappa shape index (κ1) is 12.0. The van der Waals surface area contributed by atoms with Crippen molar-refractivity contribution in [3.05, 3.63) is 11.8 Å². The first-order chi connectivity index (χ1) is 6.99. The zero-order chi connectivity index (χ0) is 11.4. The summed E-state index contributed by atoms with van der Waals surface area (Å²) in [7, 11) is 1.89. The Hall–Kier alpha value is -1.03. The van der Waals surface area contributed by atoms with Crippen LogP contribution in [0.1, 0.15) is 26.5 Å². The molecule has 0 spiro atoms. The first-order valence-electron chi connectivity index (χ1n) is 5.39. The molecule has 0 aliphatic heterocycles. The van der Waals surface area contributed by atoms with Crippen LogP contribution in [0, 0.1) is 6.92 Å². The standard InChI is InChI=1S/C11H21N3O/c1-8(2)12-7-10(4)15-11-6-9(3)13-14(11)5/h6,8,10,12H,7H2,1-5H3. The smallest absolute Gasteiger partial charge is 0.212 e. The average molecular weight is 211 g/mol. The van der Waals surface area contributed by atoms with E-state index in [0.29, 0.717) is 6.04 Å². The normalized spacial score (nSPS) is 13.2. The summed E-state index contributed by atoms with van der Waals surface area (Å²) < 4.78 is 7.52. The average Bonchev–Trinajstić information content (AvgIpc) is 2.42. The molecule has 1 aromatic rings. The minimum atomic E-state index is 0.155. The molecule has 0 amide bonds. The predicted octanol–water partition coefficient (Wildman–Crippen LogP) is 1.49. The SMILES string of the molecule is Cc1cc(OC(C)CNC(C)C)n(C)n1. The number of hydrogen-bond acceptors (Lipinski definition) is 3. The Morgan fingerprint density at radius 2 is 2.13 bits per heavy atom. The van der Waals surface area contributed by atoms with E-state index in [4.69, 9.17) is 4.74 Å². The number of ether oxygens (including phenoxy) is 1. The van der Waals surface area contributed by atoms with Crippen molar-refractivity contribution in [3.8, 4) is 5.88 Å². The van der Waals surface area contributed by atoms with Gasteiger partial charge in [-0.25, -0.2) is 4.68 Å². The Morgan fingerprint density at radius 1 is 1.47 bits per heavy atom. The fraction of sp³-hybridized carbons (Fsp3) is 0.727. The summed E-state index contributed by atoms with van der Waals surface area (Å²) in [6.45, 7) is 9.12. The van der Waals surface area contributed by atoms with Gasteiger partial charge in [0.15, 0.2) is 0 Å². The quantitative estimate of drug-likeness (QED) is 0.802. The summed E-state index contributed by atoms with van der Waals surface area (Å²) in [5.41, 5.74) is 0.983. The predicted molar refractivity (Wildman–Crippen MR) is 61.2 cm³/mol. The van der Waals surface area contributed by atoms with Crippen LogP contribution in [0.2, 0.25) is 0 Å². The van der Waals surface area contributed by atoms with Gasteiger partial charge in [0.25, 0.3) is 0 Å². The maximum atomic E-state index is 5.75. The highest BCUT2D eigenvalue weighted by Crippen LogP contribution is 2.12. The summed E-state index contributed by atoms with van der Waals surface area (Å²) in [5, 5.41) is 7.57. The molecule has 0 aliphatic carbocycles. The van der Waals surface area contributed by atoms with Gasteiger partial charge in [-0.05, 0) is 13.8 Å². The van der Waals surface area contributed by atoms with E-state index in [1.807, 2.05) is 20.0 Å². The summed E-state index contributed by atoms with van der Waals surface area (Å²) >= 11 is 0. The highest BCUT2D eigenvalue weighted by atomic mass is 16.5. The second kappa shape index (κ2) is 5.16. The third-order valence-corrected chi connectivity index (χ3v) is 2.09. The second-order valence-electron chi connectivity index (χ2n) is 4.24. The number of nitrogens with one attached hydrogen (secondary N) is 1. The van der Waals surface area contributed by atoms with Gasteiger partial charge in [-0.3, -0.25) is 0 Å². The monoisotopic (exact) mass is 211 g/mol. The van der Waals surface area contributed by atoms with E-state index in [9.17, 15) is 0 Å². The molecular formula is C11H21N3O. The van der Waals surface area contributed by atoms with Crippen molar-refractivity contribution >= 4 is 0 Å². The lowest BCUT2D eigenvalue weighted by Gasteiger charge is -2.16. The maximum absolute atomic E-state index is 5.75. The van der Waals surface area contributed by atoms with Crippen LogP contribution >= 0.6 is 0 Å². The molecule has 1 N–H and O–H groups in total. The molecule has 15 heavy (non-hydrogen) atoms. The largest absolute Gasteiger partial charge is 0.473 e. The van der Waals surface area contributed by atoms with Crippen LogP contribution in [0.4, 0.5) is 0 Å². The van der Waals surface area contributed by atoms with Crippen LogP contribution < -0.4 is 10.1 Å². The van der Waals surface area contributed by atoms with Crippen molar-refractivity contribution in [3.63, 3.8) is 0 Å². The lowest BCUT2D eigenvalue weighted by Crippen LogP contribution is -2.33. The molecule has 1 heterocycles. The Kier molecular flexibility index (Phi) is 4.15. The van der Waals surface area contributed by atoms with Crippen LogP contribution in [0.3, 0.4) is 0 Å². The summed E-state index contributed by atoms with van der Waals surface area (Å²) in [4.78, 5) is 0. The van der Waals surface area contributed by atoms with E-state index >= 15 is 0 Å². The molecule has 1 unspecified atom stereocenters. The van der Waals surface area contributed by atoms with Crippen LogP contribution in [-0.2, 0) is 7.05 Å². The summed E-state index contributed by atoms with van der Waals surface area (Å²) in [6.07, 6.45) is 0.155. The van der Waals surface area contributed by atoms with E-state index in [2.05, 4.69) is 31.2 Å². The Morgan fingerprint density at radius 3 is 2.60 bits per heavy atom. The van der Waals surface area contributed by atoms with E-state index in [0.717, 1.165) is 18.1 Å². The lowest BCUT2D eigenvalue weighted by atomic mass is 10.3. The Labute approximate surface area is 91.6 Å². The van der Waals surface area contributed by atoms with Gasteiger partial charge in [0.1, 0.15) is 6.10 Å². The van der Waals surface area contributed by atoms with Crippen molar-refractivity contribution in [2.45, 2.75) is 39.8 Å². The van der Waals surface area contributed by atoms with Gasteiger partial charge < -0.3 is 10.1 Å². The molecule has 4 heteroatoms. The van der Waals surface area contributed by atoms with Gasteiger partial charge in [0.2, 0.25) is 5.88 Å². The second-order valence-corrected chi connectivity index (χ2v) is 4.24. The molecule has 0 fully saturated rings. The molecule has 0 saturated heterocycles. The summed E-state index contributed by atoms with van der Waals surface area (Å²) in [5.74, 6) is 0.825. The number of hydrogen-bond donors (Lipinski definition) is 1. The fourth-order valence-electron chi connectivity index (χ4n) is 1.35.